The maximum absolute atomic E-state index is 12.1. The fourth-order valence-corrected chi connectivity index (χ4v) is 3.23. The number of phosphoric ester groups is 1. The van der Waals surface area contributed by atoms with Gasteiger partial charge in [0.2, 0.25) is 0 Å². The highest BCUT2D eigenvalue weighted by Gasteiger charge is 2.24. The van der Waals surface area contributed by atoms with Crippen LogP contribution in [0.15, 0.2) is 0 Å². The van der Waals surface area contributed by atoms with Gasteiger partial charge < -0.3 is 14.4 Å². The third-order valence-electron chi connectivity index (χ3n) is 4.60. The van der Waals surface area contributed by atoms with Crippen LogP contribution in [0.5, 0.6) is 0 Å². The molecule has 0 rings (SSSR count). The van der Waals surface area contributed by atoms with Crippen molar-refractivity contribution in [3.8, 4) is 0 Å². The minimum Gasteiger partial charge on any atom is -0.462 e. The number of carbonyl (C=O) groups excluding carboxylic acids is 2. The largest absolute Gasteiger partial charge is 0.472 e. The molecule has 0 saturated carbocycles. The molecule has 8 nitrogen and oxygen atoms in total. The number of hydrogen-bond acceptors (Lipinski definition) is 7. The first-order valence-electron chi connectivity index (χ1n) is 11.2. The molecule has 0 heterocycles. The van der Waals surface area contributed by atoms with Crippen molar-refractivity contribution in [2.75, 3.05) is 20.3 Å². The Balaban J connectivity index is 4.34. The highest BCUT2D eigenvalue weighted by molar-refractivity contribution is 7.47. The van der Waals surface area contributed by atoms with Crippen molar-refractivity contribution in [2.24, 2.45) is 0 Å². The van der Waals surface area contributed by atoms with E-state index < -0.39 is 26.5 Å². The summed E-state index contributed by atoms with van der Waals surface area (Å²) in [6, 6.07) is 0. The number of esters is 2. The molecule has 0 spiro atoms. The van der Waals surface area contributed by atoms with Crippen LogP contribution in [-0.2, 0) is 32.7 Å². The molecule has 0 radical (unpaired) electrons. The Morgan fingerprint density at radius 2 is 1.30 bits per heavy atom. The summed E-state index contributed by atoms with van der Waals surface area (Å²) in [7, 11) is -3.17. The molecule has 0 fully saturated rings. The number of unbranched alkanes of at least 4 members (excludes halogenated alkanes) is 9. The highest BCUT2D eigenvalue weighted by atomic mass is 31.2. The molecule has 0 aromatic carbocycles. The van der Waals surface area contributed by atoms with Crippen molar-refractivity contribution in [1.82, 2.24) is 0 Å². The molecule has 0 aliphatic heterocycles. The van der Waals surface area contributed by atoms with Crippen LogP contribution in [0.2, 0.25) is 0 Å². The Bertz CT molecular complexity index is 497. The first-order valence-corrected chi connectivity index (χ1v) is 12.7. The lowest BCUT2D eigenvalue weighted by atomic mass is 10.1. The third-order valence-corrected chi connectivity index (χ3v) is 5.54. The summed E-state index contributed by atoms with van der Waals surface area (Å²) in [6.45, 7) is 3.65. The van der Waals surface area contributed by atoms with E-state index in [9.17, 15) is 19.0 Å². The SMILES string of the molecule is CCCCCCCCC(=O)O[C@H](COC(=O)CCCCCCC)COP(=O)(O)OC. The predicted molar refractivity (Wildman–Crippen MR) is 115 cm³/mol. The van der Waals surface area contributed by atoms with E-state index in [1.807, 2.05) is 0 Å². The van der Waals surface area contributed by atoms with E-state index in [1.165, 1.54) is 6.42 Å². The molecule has 0 amide bonds. The summed E-state index contributed by atoms with van der Waals surface area (Å²) in [5.41, 5.74) is 0. The number of hydrogen-bond donors (Lipinski definition) is 1. The van der Waals surface area contributed by atoms with E-state index in [0.29, 0.717) is 12.8 Å². The van der Waals surface area contributed by atoms with E-state index in [0.717, 1.165) is 64.9 Å². The molecular formula is C21H41O8P. The lowest BCUT2D eigenvalue weighted by Crippen LogP contribution is -2.29. The normalized spacial score (nSPS) is 14.1. The fourth-order valence-electron chi connectivity index (χ4n) is 2.77. The Hall–Kier alpha value is -0.950. The summed E-state index contributed by atoms with van der Waals surface area (Å²) < 4.78 is 31.1. The van der Waals surface area contributed by atoms with Crippen LogP contribution < -0.4 is 0 Å². The van der Waals surface area contributed by atoms with Crippen LogP contribution in [0.4, 0.5) is 0 Å². The molecule has 30 heavy (non-hydrogen) atoms. The summed E-state index contributed by atoms with van der Waals surface area (Å²) in [6.07, 6.45) is 10.9. The molecule has 2 atom stereocenters. The first kappa shape index (κ1) is 29.1. The van der Waals surface area contributed by atoms with Gasteiger partial charge in [0.1, 0.15) is 6.61 Å². The van der Waals surface area contributed by atoms with Gasteiger partial charge in [0.25, 0.3) is 0 Å². The molecular weight excluding hydrogens is 411 g/mol. The van der Waals surface area contributed by atoms with Gasteiger partial charge in [0.15, 0.2) is 6.10 Å². The topological polar surface area (TPSA) is 108 Å². The quantitative estimate of drug-likeness (QED) is 0.150. The van der Waals surface area contributed by atoms with Crippen molar-refractivity contribution in [3.05, 3.63) is 0 Å². The Kier molecular flexibility index (Phi) is 18.2. The first-order chi connectivity index (χ1) is 14.3. The van der Waals surface area contributed by atoms with Gasteiger partial charge in [-0.25, -0.2) is 4.57 Å². The van der Waals surface area contributed by atoms with Crippen molar-refractivity contribution < 1.29 is 37.6 Å². The average molecular weight is 453 g/mol. The maximum atomic E-state index is 12.1. The zero-order chi connectivity index (χ0) is 22.7. The van der Waals surface area contributed by atoms with Gasteiger partial charge >= 0.3 is 19.8 Å². The van der Waals surface area contributed by atoms with Gasteiger partial charge in [-0.05, 0) is 12.8 Å². The van der Waals surface area contributed by atoms with E-state index >= 15 is 0 Å². The molecule has 1 unspecified atom stereocenters. The second-order valence-electron chi connectivity index (χ2n) is 7.42. The van der Waals surface area contributed by atoms with Crippen LogP contribution in [0.3, 0.4) is 0 Å². The van der Waals surface area contributed by atoms with E-state index in [2.05, 4.69) is 18.4 Å². The average Bonchev–Trinajstić information content (AvgIpc) is 2.72. The lowest BCUT2D eigenvalue weighted by Gasteiger charge is -2.19. The molecule has 0 aromatic heterocycles. The van der Waals surface area contributed by atoms with Crippen molar-refractivity contribution in [2.45, 2.75) is 103 Å². The van der Waals surface area contributed by atoms with Gasteiger partial charge in [0, 0.05) is 20.0 Å². The molecule has 0 aliphatic rings. The van der Waals surface area contributed by atoms with E-state index in [4.69, 9.17) is 14.0 Å². The molecule has 0 aromatic rings. The maximum Gasteiger partial charge on any atom is 0.472 e. The van der Waals surface area contributed by atoms with Crippen LogP contribution in [-0.4, -0.2) is 43.3 Å². The molecule has 178 valence electrons. The number of ether oxygens (including phenoxy) is 2. The second kappa shape index (κ2) is 18.8. The van der Waals surface area contributed by atoms with Crippen LogP contribution in [0.1, 0.15) is 97.3 Å². The number of carbonyl (C=O) groups is 2. The predicted octanol–water partition coefficient (Wildman–Crippen LogP) is 5.32. The summed E-state index contributed by atoms with van der Waals surface area (Å²) >= 11 is 0. The van der Waals surface area contributed by atoms with Crippen molar-refractivity contribution in [1.29, 1.82) is 0 Å². The van der Waals surface area contributed by atoms with Crippen LogP contribution >= 0.6 is 7.82 Å². The lowest BCUT2D eigenvalue weighted by molar-refractivity contribution is -0.161. The van der Waals surface area contributed by atoms with Gasteiger partial charge in [-0.15, -0.1) is 0 Å². The minimum absolute atomic E-state index is 0.222. The fraction of sp³-hybridized carbons (Fsp3) is 0.905. The van der Waals surface area contributed by atoms with Crippen molar-refractivity contribution >= 4 is 19.8 Å². The Morgan fingerprint density at radius 3 is 1.83 bits per heavy atom. The zero-order valence-corrected chi connectivity index (χ0v) is 19.8. The van der Waals surface area contributed by atoms with Gasteiger partial charge in [-0.3, -0.25) is 18.6 Å². The van der Waals surface area contributed by atoms with Crippen molar-refractivity contribution in [3.63, 3.8) is 0 Å². The molecule has 0 bridgehead atoms. The third kappa shape index (κ3) is 17.9. The highest BCUT2D eigenvalue weighted by Crippen LogP contribution is 2.42. The standard InChI is InChI=1S/C21H41O8P/c1-4-6-8-10-12-14-16-21(23)29-19(18-28-30(24,25)26-3)17-27-20(22)15-13-11-9-7-5-2/h19H,4-18H2,1-3H3,(H,24,25)/t19-/m1/s1. The summed E-state index contributed by atoms with van der Waals surface area (Å²) in [5.74, 6) is -0.831. The van der Waals surface area contributed by atoms with Gasteiger partial charge in [0.05, 0.1) is 6.61 Å². The smallest absolute Gasteiger partial charge is 0.462 e. The zero-order valence-electron chi connectivity index (χ0n) is 18.9. The monoisotopic (exact) mass is 452 g/mol. The molecule has 0 saturated heterocycles. The van der Waals surface area contributed by atoms with Gasteiger partial charge in [-0.1, -0.05) is 71.6 Å². The number of rotatable bonds is 20. The molecule has 1 N–H and O–H groups in total. The van der Waals surface area contributed by atoms with E-state index in [1.54, 1.807) is 0 Å². The Labute approximate surface area is 181 Å². The van der Waals surface area contributed by atoms with E-state index in [-0.39, 0.29) is 19.0 Å². The minimum atomic E-state index is -4.22. The Morgan fingerprint density at radius 1 is 0.800 bits per heavy atom. The van der Waals surface area contributed by atoms with Crippen LogP contribution in [0, 0.1) is 0 Å². The second-order valence-corrected chi connectivity index (χ2v) is 8.98. The van der Waals surface area contributed by atoms with Crippen LogP contribution in [0.25, 0.3) is 0 Å². The summed E-state index contributed by atoms with van der Waals surface area (Å²) in [5, 5.41) is 0. The number of phosphoric acid groups is 1. The van der Waals surface area contributed by atoms with Gasteiger partial charge in [-0.2, -0.15) is 0 Å². The molecule has 0 aliphatic carbocycles. The molecule has 9 heteroatoms. The summed E-state index contributed by atoms with van der Waals surface area (Å²) in [4.78, 5) is 33.3.